The lowest BCUT2D eigenvalue weighted by Crippen LogP contribution is -2.24. The van der Waals surface area contributed by atoms with Crippen LogP contribution in [0.25, 0.3) is 0 Å². The zero-order valence-electron chi connectivity index (χ0n) is 18.7. The molecule has 3 rings (SSSR count). The van der Waals surface area contributed by atoms with Gasteiger partial charge in [0, 0.05) is 16.3 Å². The fourth-order valence-electron chi connectivity index (χ4n) is 3.09. The highest BCUT2D eigenvalue weighted by molar-refractivity contribution is 8.00. The highest BCUT2D eigenvalue weighted by Crippen LogP contribution is 2.29. The lowest BCUT2D eigenvalue weighted by atomic mass is 10.2. The molecule has 1 unspecified atom stereocenters. The lowest BCUT2D eigenvalue weighted by molar-refractivity contribution is -0.115. The van der Waals surface area contributed by atoms with Gasteiger partial charge in [-0.25, -0.2) is 4.79 Å². The predicted octanol–water partition coefficient (Wildman–Crippen LogP) is 5.71. The van der Waals surface area contributed by atoms with Crippen LogP contribution in [0.2, 0.25) is 0 Å². The normalized spacial score (nSPS) is 11.2. The van der Waals surface area contributed by atoms with Crippen molar-refractivity contribution in [2.45, 2.75) is 23.5 Å². The van der Waals surface area contributed by atoms with E-state index in [1.165, 1.54) is 23.9 Å². The monoisotopic (exact) mass is 495 g/mol. The molecular weight excluding hydrogens is 470 g/mol. The molecule has 0 aliphatic rings. The Hall–Kier alpha value is -3.56. The van der Waals surface area contributed by atoms with Crippen LogP contribution in [-0.4, -0.2) is 34.5 Å². The third-order valence-corrected chi connectivity index (χ3v) is 6.35. The van der Waals surface area contributed by atoms with E-state index >= 15 is 0 Å². The van der Waals surface area contributed by atoms with Gasteiger partial charge in [0.1, 0.15) is 5.75 Å². The quantitative estimate of drug-likeness (QED) is 0.221. The Morgan fingerprint density at radius 2 is 1.71 bits per heavy atom. The molecule has 9 heteroatoms. The maximum Gasteiger partial charge on any atom is 0.335 e. The molecule has 0 fully saturated rings. The number of nitrogens with one attached hydrogen (secondary N) is 3. The van der Waals surface area contributed by atoms with E-state index in [1.807, 2.05) is 55.5 Å². The number of rotatable bonds is 9. The van der Waals surface area contributed by atoms with Crippen LogP contribution in [0.15, 0.2) is 77.7 Å². The van der Waals surface area contributed by atoms with Gasteiger partial charge in [-0.15, -0.1) is 11.8 Å². The lowest BCUT2D eigenvalue weighted by Gasteiger charge is -2.16. The molecule has 0 aliphatic carbocycles. The first-order valence-electron chi connectivity index (χ1n) is 10.5. The number of thioether (sulfide) groups is 1. The fourth-order valence-corrected chi connectivity index (χ4v) is 4.33. The highest BCUT2D eigenvalue weighted by Gasteiger charge is 2.18. The number of hydrogen-bond acceptors (Lipinski definition) is 5. The molecule has 0 aliphatic heterocycles. The second kappa shape index (κ2) is 12.1. The second-order valence-electron chi connectivity index (χ2n) is 7.19. The van der Waals surface area contributed by atoms with Gasteiger partial charge in [-0.3, -0.25) is 4.79 Å². The standard InChI is InChI=1S/C25H25N3O4S2/c1-3-22(23(29)26-17-13-11-16(12-14-17)24(30)31)34-19-8-6-7-18(15-19)27-25(33)28-20-9-4-5-10-21(20)32-2/h4-15,22H,3H2,1-2H3,(H,26,29)(H,30,31)(H2,27,28,33). The number of aromatic carboxylic acids is 1. The van der Waals surface area contributed by atoms with Crippen LogP contribution in [0.4, 0.5) is 17.1 Å². The van der Waals surface area contributed by atoms with Gasteiger partial charge in [-0.1, -0.05) is 25.1 Å². The summed E-state index contributed by atoms with van der Waals surface area (Å²) in [5.74, 6) is -0.474. The Labute approximate surface area is 207 Å². The molecule has 34 heavy (non-hydrogen) atoms. The number of amides is 1. The summed E-state index contributed by atoms with van der Waals surface area (Å²) in [4.78, 5) is 24.7. The van der Waals surface area contributed by atoms with E-state index in [0.29, 0.717) is 23.0 Å². The first-order valence-corrected chi connectivity index (χ1v) is 11.8. The molecule has 4 N–H and O–H groups in total. The van der Waals surface area contributed by atoms with Gasteiger partial charge in [0.05, 0.1) is 23.6 Å². The van der Waals surface area contributed by atoms with Crippen molar-refractivity contribution in [1.29, 1.82) is 0 Å². The molecule has 1 atom stereocenters. The number of anilines is 3. The number of carboxylic acid groups (broad SMARTS) is 1. The smallest absolute Gasteiger partial charge is 0.335 e. The Morgan fingerprint density at radius 1 is 0.971 bits per heavy atom. The minimum absolute atomic E-state index is 0.151. The SMILES string of the molecule is CCC(Sc1cccc(NC(=S)Nc2ccccc2OC)c1)C(=O)Nc1ccc(C(=O)O)cc1. The van der Waals surface area contributed by atoms with Crippen LogP contribution in [0.5, 0.6) is 5.75 Å². The van der Waals surface area contributed by atoms with E-state index in [0.717, 1.165) is 16.3 Å². The number of thiocarbonyl (C=S) groups is 1. The number of benzene rings is 3. The van der Waals surface area contributed by atoms with Crippen molar-refractivity contribution >= 4 is 58.0 Å². The maximum atomic E-state index is 12.8. The van der Waals surface area contributed by atoms with E-state index in [2.05, 4.69) is 16.0 Å². The number of carbonyl (C=O) groups excluding carboxylic acids is 1. The molecule has 3 aromatic rings. The minimum atomic E-state index is -1.01. The summed E-state index contributed by atoms with van der Waals surface area (Å²) in [6.07, 6.45) is 0.620. The third-order valence-electron chi connectivity index (χ3n) is 4.79. The van der Waals surface area contributed by atoms with Crippen molar-refractivity contribution in [3.05, 3.63) is 78.4 Å². The first-order chi connectivity index (χ1) is 16.4. The number of para-hydroxylation sites is 2. The van der Waals surface area contributed by atoms with E-state index in [1.54, 1.807) is 19.2 Å². The van der Waals surface area contributed by atoms with E-state index in [-0.39, 0.29) is 16.7 Å². The number of methoxy groups -OCH3 is 1. The molecule has 0 saturated carbocycles. The Bertz CT molecular complexity index is 1170. The highest BCUT2D eigenvalue weighted by atomic mass is 32.2. The molecule has 176 valence electrons. The van der Waals surface area contributed by atoms with Gasteiger partial charge in [0.25, 0.3) is 0 Å². The molecule has 7 nitrogen and oxygen atoms in total. The van der Waals surface area contributed by atoms with Gasteiger partial charge in [0.2, 0.25) is 5.91 Å². The average Bonchev–Trinajstić information content (AvgIpc) is 2.83. The van der Waals surface area contributed by atoms with Gasteiger partial charge in [0.15, 0.2) is 5.11 Å². The van der Waals surface area contributed by atoms with Crippen molar-refractivity contribution in [3.8, 4) is 5.75 Å². The van der Waals surface area contributed by atoms with E-state index < -0.39 is 5.97 Å². The Kier molecular flexibility index (Phi) is 8.89. The van der Waals surface area contributed by atoms with E-state index in [4.69, 9.17) is 22.1 Å². The van der Waals surface area contributed by atoms with Gasteiger partial charge in [-0.05, 0) is 73.2 Å². The summed E-state index contributed by atoms with van der Waals surface area (Å²) in [7, 11) is 1.60. The van der Waals surface area contributed by atoms with Gasteiger partial charge >= 0.3 is 5.97 Å². The number of ether oxygens (including phenoxy) is 1. The molecule has 3 aromatic carbocycles. The zero-order chi connectivity index (χ0) is 24.5. The summed E-state index contributed by atoms with van der Waals surface area (Å²) in [5, 5.41) is 18.2. The number of carboxylic acids is 1. The van der Waals surface area contributed by atoms with Crippen LogP contribution in [-0.2, 0) is 4.79 Å². The molecule has 0 heterocycles. The largest absolute Gasteiger partial charge is 0.495 e. The fraction of sp³-hybridized carbons (Fsp3) is 0.160. The summed E-state index contributed by atoms with van der Waals surface area (Å²) in [6.45, 7) is 1.94. The van der Waals surface area contributed by atoms with Crippen LogP contribution in [0.1, 0.15) is 23.7 Å². The number of carbonyl (C=O) groups is 2. The summed E-state index contributed by atoms with van der Waals surface area (Å²) >= 11 is 6.88. The van der Waals surface area contributed by atoms with Crippen molar-refractivity contribution < 1.29 is 19.4 Å². The van der Waals surface area contributed by atoms with Crippen LogP contribution in [0.3, 0.4) is 0 Å². The summed E-state index contributed by atoms with van der Waals surface area (Å²) in [5.41, 5.74) is 2.27. The second-order valence-corrected chi connectivity index (χ2v) is 8.88. The van der Waals surface area contributed by atoms with Crippen LogP contribution < -0.4 is 20.7 Å². The molecular formula is C25H25N3O4S2. The van der Waals surface area contributed by atoms with Crippen LogP contribution in [0, 0.1) is 0 Å². The molecule has 0 spiro atoms. The molecule has 0 radical (unpaired) electrons. The molecule has 1 amide bonds. The number of hydrogen-bond donors (Lipinski definition) is 4. The molecule has 0 aromatic heterocycles. The van der Waals surface area contributed by atoms with Gasteiger partial charge in [-0.2, -0.15) is 0 Å². The van der Waals surface area contributed by atoms with Crippen molar-refractivity contribution in [1.82, 2.24) is 0 Å². The zero-order valence-corrected chi connectivity index (χ0v) is 20.3. The first kappa shape index (κ1) is 25.1. The summed E-state index contributed by atoms with van der Waals surface area (Å²) in [6, 6.07) is 21.2. The topological polar surface area (TPSA) is 99.7 Å². The Morgan fingerprint density at radius 3 is 2.38 bits per heavy atom. The van der Waals surface area contributed by atoms with Crippen molar-refractivity contribution in [2.75, 3.05) is 23.1 Å². The molecule has 0 saturated heterocycles. The predicted molar refractivity (Wildman–Crippen MR) is 141 cm³/mol. The van der Waals surface area contributed by atoms with Crippen molar-refractivity contribution in [3.63, 3.8) is 0 Å². The summed E-state index contributed by atoms with van der Waals surface area (Å²) < 4.78 is 5.34. The average molecular weight is 496 g/mol. The van der Waals surface area contributed by atoms with Gasteiger partial charge < -0.3 is 25.8 Å². The third kappa shape index (κ3) is 6.97. The minimum Gasteiger partial charge on any atom is -0.495 e. The van der Waals surface area contributed by atoms with E-state index in [9.17, 15) is 9.59 Å². The molecule has 0 bridgehead atoms. The van der Waals surface area contributed by atoms with Crippen molar-refractivity contribution in [2.24, 2.45) is 0 Å². The maximum absolute atomic E-state index is 12.8. The Balaban J connectivity index is 1.61. The van der Waals surface area contributed by atoms with Crippen LogP contribution >= 0.6 is 24.0 Å².